The van der Waals surface area contributed by atoms with Gasteiger partial charge in [-0.25, -0.2) is 9.82 Å². The van der Waals surface area contributed by atoms with Crippen LogP contribution in [-0.4, -0.2) is 24.6 Å². The number of hydrogen-bond acceptors (Lipinski definition) is 5. The number of fused-ring (bicyclic) bond motifs is 1. The highest BCUT2D eigenvalue weighted by atomic mass is 35.5. The van der Waals surface area contributed by atoms with Gasteiger partial charge in [0.2, 0.25) is 0 Å². The third-order valence-corrected chi connectivity index (χ3v) is 5.59. The van der Waals surface area contributed by atoms with Gasteiger partial charge >= 0.3 is 0 Å². The van der Waals surface area contributed by atoms with E-state index in [2.05, 4.69) is 15.8 Å². The first-order chi connectivity index (χ1) is 15.9. The second kappa shape index (κ2) is 9.46. The molecule has 1 aliphatic rings. The van der Waals surface area contributed by atoms with Gasteiger partial charge in [-0.05, 0) is 50.1 Å². The molecule has 4 rings (SSSR count). The number of amides is 2. The zero-order valence-electron chi connectivity index (χ0n) is 18.0. The molecule has 0 atom stereocenters. The number of halogens is 2. The van der Waals surface area contributed by atoms with Crippen molar-refractivity contribution in [3.05, 3.63) is 81.5 Å². The molecule has 0 unspecified atom stereocenters. The molecule has 0 fully saturated rings. The van der Waals surface area contributed by atoms with E-state index in [4.69, 9.17) is 20.8 Å². The van der Waals surface area contributed by atoms with Crippen LogP contribution in [0.5, 0.6) is 5.75 Å². The number of anilines is 1. The number of hydrazone groups is 1. The van der Waals surface area contributed by atoms with Crippen LogP contribution in [0.3, 0.4) is 0 Å². The van der Waals surface area contributed by atoms with Gasteiger partial charge in [0, 0.05) is 22.6 Å². The molecule has 2 aromatic carbocycles. The maximum Gasteiger partial charge on any atom is 0.291 e. The zero-order chi connectivity index (χ0) is 23.5. The monoisotopic (exact) mass is 469 g/mol. The van der Waals surface area contributed by atoms with Crippen molar-refractivity contribution in [2.75, 3.05) is 12.4 Å². The molecule has 0 bridgehead atoms. The average Bonchev–Trinajstić information content (AvgIpc) is 3.15. The number of carbonyl (C=O) groups excluding carboxylic acids is 2. The molecule has 3 aromatic rings. The molecule has 2 amide bonds. The van der Waals surface area contributed by atoms with Gasteiger partial charge in [0.05, 0.1) is 24.1 Å². The molecule has 9 heteroatoms. The van der Waals surface area contributed by atoms with Crippen molar-refractivity contribution in [2.24, 2.45) is 5.10 Å². The molecular formula is C24H21ClFN3O4. The third-order valence-electron chi connectivity index (χ3n) is 5.35. The van der Waals surface area contributed by atoms with E-state index in [1.54, 1.807) is 31.2 Å². The Morgan fingerprint density at radius 3 is 2.70 bits per heavy atom. The minimum Gasteiger partial charge on any atom is -0.495 e. The Morgan fingerprint density at radius 2 is 1.94 bits per heavy atom. The summed E-state index contributed by atoms with van der Waals surface area (Å²) in [7, 11) is 1.49. The average molecular weight is 470 g/mol. The molecular weight excluding hydrogens is 449 g/mol. The molecule has 0 radical (unpaired) electrons. The van der Waals surface area contributed by atoms with Crippen LogP contribution in [0.15, 0.2) is 52.0 Å². The van der Waals surface area contributed by atoms with E-state index in [-0.39, 0.29) is 11.3 Å². The molecule has 33 heavy (non-hydrogen) atoms. The molecule has 1 aromatic heterocycles. The lowest BCUT2D eigenvalue weighted by atomic mass is 9.93. The number of nitrogens with one attached hydrogen (secondary N) is 2. The van der Waals surface area contributed by atoms with Gasteiger partial charge in [0.1, 0.15) is 17.3 Å². The van der Waals surface area contributed by atoms with Crippen molar-refractivity contribution in [2.45, 2.75) is 26.2 Å². The summed E-state index contributed by atoms with van der Waals surface area (Å²) in [5, 5.41) is 7.43. The summed E-state index contributed by atoms with van der Waals surface area (Å²) in [5.41, 5.74) is 4.57. The Labute approximate surface area is 194 Å². The molecule has 0 aliphatic heterocycles. The summed E-state index contributed by atoms with van der Waals surface area (Å²) < 4.78 is 25.0. The summed E-state index contributed by atoms with van der Waals surface area (Å²) in [4.78, 5) is 25.3. The summed E-state index contributed by atoms with van der Waals surface area (Å²) in [6, 6.07) is 10.6. The van der Waals surface area contributed by atoms with Crippen LogP contribution in [0, 0.1) is 12.7 Å². The van der Waals surface area contributed by atoms with Crippen LogP contribution in [-0.2, 0) is 6.42 Å². The van der Waals surface area contributed by atoms with Gasteiger partial charge in [-0.15, -0.1) is 0 Å². The molecule has 0 saturated carbocycles. The van der Waals surface area contributed by atoms with Crippen molar-refractivity contribution in [3.8, 4) is 5.75 Å². The first kappa shape index (κ1) is 22.5. The van der Waals surface area contributed by atoms with E-state index in [1.807, 2.05) is 0 Å². The molecule has 1 aliphatic carbocycles. The van der Waals surface area contributed by atoms with Crippen LogP contribution in [0.4, 0.5) is 10.1 Å². The number of benzene rings is 2. The fourth-order valence-corrected chi connectivity index (χ4v) is 3.95. The van der Waals surface area contributed by atoms with Gasteiger partial charge in [-0.1, -0.05) is 23.7 Å². The predicted molar refractivity (Wildman–Crippen MR) is 123 cm³/mol. The van der Waals surface area contributed by atoms with Crippen molar-refractivity contribution in [3.63, 3.8) is 0 Å². The van der Waals surface area contributed by atoms with Crippen LogP contribution in [0.25, 0.3) is 0 Å². The van der Waals surface area contributed by atoms with Crippen molar-refractivity contribution in [1.82, 2.24) is 5.43 Å². The van der Waals surface area contributed by atoms with E-state index in [9.17, 15) is 14.0 Å². The highest BCUT2D eigenvalue weighted by Gasteiger charge is 2.28. The standard InChI is InChI=1S/C24H21ClFN3O4/c1-13-21-17(28-29-23(30)15-6-3-4-7-16(15)26)8-5-9-20(21)33-22(13)24(31)27-18-12-14(25)10-11-19(18)32-2/h3-4,6-7,10-12H,5,8-9H2,1-2H3,(H,27,31)(H,29,30)/b28-17+. The van der Waals surface area contributed by atoms with E-state index in [0.29, 0.717) is 51.9 Å². The first-order valence-corrected chi connectivity index (χ1v) is 10.7. The molecule has 2 N–H and O–H groups in total. The van der Waals surface area contributed by atoms with Crippen LogP contribution < -0.4 is 15.5 Å². The maximum atomic E-state index is 13.9. The van der Waals surface area contributed by atoms with Gasteiger partial charge < -0.3 is 14.5 Å². The van der Waals surface area contributed by atoms with E-state index in [1.165, 1.54) is 25.3 Å². The lowest BCUT2D eigenvalue weighted by molar-refractivity contribution is 0.0949. The Balaban J connectivity index is 1.59. The van der Waals surface area contributed by atoms with Gasteiger partial charge in [0.15, 0.2) is 5.76 Å². The molecule has 0 saturated heterocycles. The predicted octanol–water partition coefficient (Wildman–Crippen LogP) is 5.11. The van der Waals surface area contributed by atoms with E-state index < -0.39 is 17.6 Å². The van der Waals surface area contributed by atoms with Crippen molar-refractivity contribution >= 4 is 34.8 Å². The molecule has 1 heterocycles. The number of nitrogens with zero attached hydrogens (tertiary/aromatic N) is 1. The number of ether oxygens (including phenoxy) is 1. The minimum atomic E-state index is -0.653. The van der Waals surface area contributed by atoms with Gasteiger partial charge in [-0.2, -0.15) is 5.10 Å². The largest absolute Gasteiger partial charge is 0.495 e. The van der Waals surface area contributed by atoms with E-state index >= 15 is 0 Å². The van der Waals surface area contributed by atoms with Gasteiger partial charge in [-0.3, -0.25) is 9.59 Å². The summed E-state index contributed by atoms with van der Waals surface area (Å²) in [6.45, 7) is 1.76. The molecule has 0 spiro atoms. The maximum absolute atomic E-state index is 13.9. The Kier molecular flexibility index (Phi) is 6.46. The smallest absolute Gasteiger partial charge is 0.291 e. The van der Waals surface area contributed by atoms with Crippen LogP contribution in [0.2, 0.25) is 5.02 Å². The van der Waals surface area contributed by atoms with Crippen LogP contribution in [0.1, 0.15) is 50.6 Å². The minimum absolute atomic E-state index is 0.0997. The highest BCUT2D eigenvalue weighted by molar-refractivity contribution is 6.31. The fraction of sp³-hybridized carbons (Fsp3) is 0.208. The Bertz CT molecular complexity index is 1270. The number of carbonyl (C=O) groups is 2. The number of aryl methyl sites for hydroxylation is 1. The topological polar surface area (TPSA) is 92.9 Å². The summed E-state index contributed by atoms with van der Waals surface area (Å²) in [5.74, 6) is -0.538. The fourth-order valence-electron chi connectivity index (χ4n) is 3.78. The highest BCUT2D eigenvalue weighted by Crippen LogP contribution is 2.32. The summed E-state index contributed by atoms with van der Waals surface area (Å²) >= 11 is 6.05. The SMILES string of the molecule is COc1ccc(Cl)cc1NC(=O)c1oc2c(c1C)/C(=N/NC(=O)c1ccccc1F)CCC2. The first-order valence-electron chi connectivity index (χ1n) is 10.3. The second-order valence-electron chi connectivity index (χ2n) is 7.49. The number of methoxy groups -OCH3 is 1. The Hall–Kier alpha value is -3.65. The van der Waals surface area contributed by atoms with E-state index in [0.717, 1.165) is 6.42 Å². The van der Waals surface area contributed by atoms with Crippen LogP contribution >= 0.6 is 11.6 Å². The zero-order valence-corrected chi connectivity index (χ0v) is 18.8. The lowest BCUT2D eigenvalue weighted by Gasteiger charge is -2.13. The number of rotatable bonds is 5. The van der Waals surface area contributed by atoms with Gasteiger partial charge in [0.25, 0.3) is 11.8 Å². The Morgan fingerprint density at radius 1 is 1.15 bits per heavy atom. The number of hydrogen-bond donors (Lipinski definition) is 2. The van der Waals surface area contributed by atoms with Crippen molar-refractivity contribution in [1.29, 1.82) is 0 Å². The third kappa shape index (κ3) is 4.61. The molecule has 7 nitrogen and oxygen atoms in total. The normalized spacial score (nSPS) is 14.0. The second-order valence-corrected chi connectivity index (χ2v) is 7.92. The number of furan rings is 1. The lowest BCUT2D eigenvalue weighted by Crippen LogP contribution is -2.23. The quantitative estimate of drug-likeness (QED) is 0.508. The van der Waals surface area contributed by atoms with Crippen molar-refractivity contribution < 1.29 is 23.1 Å². The summed E-state index contributed by atoms with van der Waals surface area (Å²) in [6.07, 6.45) is 1.94. The molecule has 170 valence electrons.